The van der Waals surface area contributed by atoms with Crippen LogP contribution in [0.25, 0.3) is 0 Å². The van der Waals surface area contributed by atoms with Gasteiger partial charge in [-0.3, -0.25) is 4.98 Å². The molecular formula is C21H28FN3O2S. The Bertz CT molecular complexity index is 912. The molecule has 1 aliphatic heterocycles. The molecule has 1 aromatic heterocycles. The van der Waals surface area contributed by atoms with Gasteiger partial charge in [0.25, 0.3) is 10.2 Å². The lowest BCUT2D eigenvalue weighted by molar-refractivity contribution is 0.334. The Morgan fingerprint density at radius 2 is 1.82 bits per heavy atom. The van der Waals surface area contributed by atoms with Crippen LogP contribution in [0.5, 0.6) is 0 Å². The zero-order valence-electron chi connectivity index (χ0n) is 16.7. The lowest BCUT2D eigenvalue weighted by Gasteiger charge is -2.29. The van der Waals surface area contributed by atoms with Gasteiger partial charge in [0.15, 0.2) is 0 Å². The summed E-state index contributed by atoms with van der Waals surface area (Å²) in [6.07, 6.45) is 2.26. The summed E-state index contributed by atoms with van der Waals surface area (Å²) in [4.78, 5) is 4.66. The Kier molecular flexibility index (Phi) is 6.47. The van der Waals surface area contributed by atoms with Crippen LogP contribution in [-0.2, 0) is 16.6 Å². The highest BCUT2D eigenvalue weighted by Gasteiger charge is 2.38. The summed E-state index contributed by atoms with van der Waals surface area (Å²) in [6, 6.07) is 10.2. The molecule has 0 bridgehead atoms. The molecule has 1 aromatic carbocycles. The van der Waals surface area contributed by atoms with E-state index in [2.05, 4.69) is 4.98 Å². The van der Waals surface area contributed by atoms with E-state index in [-0.39, 0.29) is 11.9 Å². The molecule has 2 aromatic rings. The Hall–Kier alpha value is -1.83. The molecule has 2 heterocycles. The van der Waals surface area contributed by atoms with E-state index in [1.54, 1.807) is 16.4 Å². The second-order valence-electron chi connectivity index (χ2n) is 7.21. The Morgan fingerprint density at radius 3 is 2.46 bits per heavy atom. The fraction of sp³-hybridized carbons (Fsp3) is 0.476. The highest BCUT2D eigenvalue weighted by atomic mass is 32.2. The molecule has 3 rings (SSSR count). The summed E-state index contributed by atoms with van der Waals surface area (Å²) < 4.78 is 42.4. The first-order valence-corrected chi connectivity index (χ1v) is 11.2. The lowest BCUT2D eigenvalue weighted by Crippen LogP contribution is -2.43. The van der Waals surface area contributed by atoms with E-state index in [9.17, 15) is 12.8 Å². The molecule has 0 aliphatic carbocycles. The van der Waals surface area contributed by atoms with E-state index in [1.807, 2.05) is 32.9 Å². The molecule has 1 aliphatic rings. The monoisotopic (exact) mass is 405 g/mol. The number of hydrogen-bond acceptors (Lipinski definition) is 3. The molecule has 1 unspecified atom stereocenters. The number of halogens is 1. The topological polar surface area (TPSA) is 53.5 Å². The van der Waals surface area contributed by atoms with Crippen LogP contribution in [0, 0.1) is 12.7 Å². The van der Waals surface area contributed by atoms with Gasteiger partial charge in [-0.15, -0.1) is 0 Å². The molecule has 1 saturated heterocycles. The third-order valence-corrected chi connectivity index (χ3v) is 7.43. The summed E-state index contributed by atoms with van der Waals surface area (Å²) in [5.41, 5.74) is 3.73. The maximum atomic E-state index is 13.2. The molecule has 0 saturated carbocycles. The van der Waals surface area contributed by atoms with E-state index in [4.69, 9.17) is 0 Å². The van der Waals surface area contributed by atoms with Gasteiger partial charge in [-0.2, -0.15) is 17.0 Å². The summed E-state index contributed by atoms with van der Waals surface area (Å²) in [5.74, 6) is -0.251. The van der Waals surface area contributed by atoms with Crippen molar-refractivity contribution in [1.82, 2.24) is 13.6 Å². The maximum Gasteiger partial charge on any atom is 0.282 e. The normalized spacial score (nSPS) is 18.1. The van der Waals surface area contributed by atoms with Gasteiger partial charge in [-0.1, -0.05) is 26.0 Å². The Morgan fingerprint density at radius 1 is 1.14 bits per heavy atom. The predicted molar refractivity (Wildman–Crippen MR) is 109 cm³/mol. The zero-order valence-corrected chi connectivity index (χ0v) is 17.5. The van der Waals surface area contributed by atoms with Crippen LogP contribution in [0.4, 0.5) is 4.39 Å². The molecule has 1 atom stereocenters. The van der Waals surface area contributed by atoms with Gasteiger partial charge in [0.05, 0.1) is 11.7 Å². The Labute approximate surface area is 167 Å². The van der Waals surface area contributed by atoms with Crippen molar-refractivity contribution in [3.63, 3.8) is 0 Å². The number of hydrogen-bond donors (Lipinski definition) is 0. The van der Waals surface area contributed by atoms with Gasteiger partial charge in [-0.25, -0.2) is 4.39 Å². The minimum Gasteiger partial charge on any atom is -0.256 e. The number of benzene rings is 1. The number of pyridine rings is 1. The van der Waals surface area contributed by atoms with Crippen LogP contribution in [0.3, 0.4) is 0 Å². The van der Waals surface area contributed by atoms with Crippen molar-refractivity contribution in [1.29, 1.82) is 0 Å². The maximum absolute atomic E-state index is 13.2. The summed E-state index contributed by atoms with van der Waals surface area (Å²) in [6.45, 7) is 7.08. The van der Waals surface area contributed by atoms with Gasteiger partial charge in [-0.05, 0) is 61.6 Å². The quantitative estimate of drug-likeness (QED) is 0.703. The Balaban J connectivity index is 1.90. The number of aromatic nitrogens is 1. The minimum absolute atomic E-state index is 0.238. The average molecular weight is 406 g/mol. The van der Waals surface area contributed by atoms with Gasteiger partial charge in [0.1, 0.15) is 5.82 Å². The van der Waals surface area contributed by atoms with Crippen LogP contribution in [-0.4, -0.2) is 41.6 Å². The van der Waals surface area contributed by atoms with Crippen molar-refractivity contribution in [2.75, 3.05) is 19.6 Å². The first kappa shape index (κ1) is 20.9. The van der Waals surface area contributed by atoms with Crippen LogP contribution >= 0.6 is 0 Å². The van der Waals surface area contributed by atoms with Crippen molar-refractivity contribution in [3.8, 4) is 0 Å². The SMILES string of the molecule is CCN(CC)S(=O)(=O)N1CCCC1c1cc(Cc2ccc(F)cc2)cc(C)n1. The third kappa shape index (κ3) is 4.42. The smallest absolute Gasteiger partial charge is 0.256 e. The molecule has 28 heavy (non-hydrogen) atoms. The van der Waals surface area contributed by atoms with E-state index < -0.39 is 10.2 Å². The third-order valence-electron chi connectivity index (χ3n) is 5.23. The molecule has 1 fully saturated rings. The summed E-state index contributed by atoms with van der Waals surface area (Å²) >= 11 is 0. The van der Waals surface area contributed by atoms with E-state index >= 15 is 0 Å². The van der Waals surface area contributed by atoms with Crippen molar-refractivity contribution in [2.24, 2.45) is 0 Å². The standard InChI is InChI=1S/C21H28FN3O2S/c1-4-24(5-2)28(26,27)25-12-6-7-21(25)20-15-18(13-16(3)23-20)14-17-8-10-19(22)11-9-17/h8-11,13,15,21H,4-7,12,14H2,1-3H3. The summed E-state index contributed by atoms with van der Waals surface area (Å²) in [7, 11) is -3.50. The van der Waals surface area contributed by atoms with Crippen LogP contribution in [0.15, 0.2) is 36.4 Å². The molecule has 0 amide bonds. The van der Waals surface area contributed by atoms with E-state index in [0.29, 0.717) is 26.1 Å². The first-order chi connectivity index (χ1) is 13.3. The van der Waals surface area contributed by atoms with Gasteiger partial charge in [0.2, 0.25) is 0 Å². The number of aryl methyl sites for hydroxylation is 1. The molecule has 7 heteroatoms. The first-order valence-electron chi connectivity index (χ1n) is 9.84. The van der Waals surface area contributed by atoms with E-state index in [1.165, 1.54) is 16.4 Å². The van der Waals surface area contributed by atoms with Gasteiger partial charge >= 0.3 is 0 Å². The average Bonchev–Trinajstić information content (AvgIpc) is 3.15. The van der Waals surface area contributed by atoms with E-state index in [0.717, 1.165) is 35.4 Å². The highest BCUT2D eigenvalue weighted by molar-refractivity contribution is 7.86. The molecule has 0 radical (unpaired) electrons. The summed E-state index contributed by atoms with van der Waals surface area (Å²) in [5, 5.41) is 0. The number of rotatable bonds is 7. The molecule has 0 N–H and O–H groups in total. The lowest BCUT2D eigenvalue weighted by atomic mass is 10.0. The van der Waals surface area contributed by atoms with Gasteiger partial charge in [0, 0.05) is 25.3 Å². The fourth-order valence-corrected chi connectivity index (χ4v) is 5.73. The van der Waals surface area contributed by atoms with Crippen molar-refractivity contribution >= 4 is 10.2 Å². The zero-order chi connectivity index (χ0) is 20.3. The highest BCUT2D eigenvalue weighted by Crippen LogP contribution is 2.35. The van der Waals surface area contributed by atoms with Crippen LogP contribution < -0.4 is 0 Å². The van der Waals surface area contributed by atoms with Crippen LogP contribution in [0.1, 0.15) is 55.2 Å². The van der Waals surface area contributed by atoms with Crippen molar-refractivity contribution in [2.45, 2.75) is 46.1 Å². The second kappa shape index (κ2) is 8.68. The predicted octanol–water partition coefficient (Wildman–Crippen LogP) is 3.84. The molecule has 152 valence electrons. The fourth-order valence-electron chi connectivity index (χ4n) is 3.89. The molecule has 0 spiro atoms. The second-order valence-corrected chi connectivity index (χ2v) is 9.09. The van der Waals surface area contributed by atoms with Crippen molar-refractivity contribution < 1.29 is 12.8 Å². The minimum atomic E-state index is -3.50. The van der Waals surface area contributed by atoms with Crippen LogP contribution in [0.2, 0.25) is 0 Å². The van der Waals surface area contributed by atoms with Crippen molar-refractivity contribution in [3.05, 3.63) is 64.7 Å². The molecular weight excluding hydrogens is 377 g/mol. The number of nitrogens with zero attached hydrogens (tertiary/aromatic N) is 3. The largest absolute Gasteiger partial charge is 0.282 e. The van der Waals surface area contributed by atoms with Gasteiger partial charge < -0.3 is 0 Å². The molecule has 5 nitrogen and oxygen atoms in total.